The maximum Gasteiger partial charge on any atom is 0.0300 e. The number of benzene rings is 1. The molecular weight excluding hydrogens is 194 g/mol. The second kappa shape index (κ2) is 6.37. The van der Waals surface area contributed by atoms with Crippen molar-refractivity contribution in [2.24, 2.45) is 5.92 Å². The summed E-state index contributed by atoms with van der Waals surface area (Å²) >= 11 is 0. The molecule has 1 aromatic carbocycles. The normalized spacial score (nSPS) is 12.5. The quantitative estimate of drug-likeness (QED) is 0.765. The molecule has 0 saturated heterocycles. The van der Waals surface area contributed by atoms with Crippen LogP contribution in [0.4, 0.5) is 0 Å². The van der Waals surface area contributed by atoms with E-state index in [0.29, 0.717) is 12.0 Å². The van der Waals surface area contributed by atoms with E-state index in [0.717, 1.165) is 12.1 Å². The molecule has 0 aromatic heterocycles. The lowest BCUT2D eigenvalue weighted by Crippen LogP contribution is -2.30. The van der Waals surface area contributed by atoms with E-state index in [9.17, 15) is 0 Å². The Morgan fingerprint density at radius 1 is 1.25 bits per heavy atom. The van der Waals surface area contributed by atoms with Crippen molar-refractivity contribution < 1.29 is 0 Å². The summed E-state index contributed by atoms with van der Waals surface area (Å²) in [5.41, 5.74) is 2.45. The molecule has 1 atom stereocenters. The predicted molar refractivity (Wildman–Crippen MR) is 71.3 cm³/mol. The van der Waals surface area contributed by atoms with E-state index >= 15 is 0 Å². The standard InChI is InChI=1S/C15H23N/c1-12(2)10-15(16-13(3)4)11-14-8-6-5-7-9-14/h5-9,12,15-16H,3,10-11H2,1-2,4H3. The second-order valence-corrected chi connectivity index (χ2v) is 4.94. The summed E-state index contributed by atoms with van der Waals surface area (Å²) < 4.78 is 0. The summed E-state index contributed by atoms with van der Waals surface area (Å²) in [5, 5.41) is 3.47. The van der Waals surface area contributed by atoms with Crippen molar-refractivity contribution >= 4 is 0 Å². The Hall–Kier alpha value is -1.24. The van der Waals surface area contributed by atoms with Gasteiger partial charge in [-0.2, -0.15) is 0 Å². The van der Waals surface area contributed by atoms with Gasteiger partial charge < -0.3 is 5.32 Å². The zero-order valence-corrected chi connectivity index (χ0v) is 10.7. The SMILES string of the molecule is C=C(C)NC(Cc1ccccc1)CC(C)C. The van der Waals surface area contributed by atoms with E-state index < -0.39 is 0 Å². The van der Waals surface area contributed by atoms with Crippen molar-refractivity contribution in [3.8, 4) is 0 Å². The van der Waals surface area contributed by atoms with Gasteiger partial charge in [0.15, 0.2) is 0 Å². The summed E-state index contributed by atoms with van der Waals surface area (Å²) in [7, 11) is 0. The molecule has 88 valence electrons. The first kappa shape index (κ1) is 12.8. The van der Waals surface area contributed by atoms with Crippen molar-refractivity contribution in [2.45, 2.75) is 39.7 Å². The topological polar surface area (TPSA) is 12.0 Å². The highest BCUT2D eigenvalue weighted by Gasteiger charge is 2.10. The largest absolute Gasteiger partial charge is 0.386 e. The first-order valence-corrected chi connectivity index (χ1v) is 6.04. The highest BCUT2D eigenvalue weighted by molar-refractivity contribution is 5.16. The molecule has 0 radical (unpaired) electrons. The first-order valence-electron chi connectivity index (χ1n) is 6.04. The van der Waals surface area contributed by atoms with Crippen molar-refractivity contribution in [1.82, 2.24) is 5.32 Å². The van der Waals surface area contributed by atoms with E-state index in [1.165, 1.54) is 12.0 Å². The maximum absolute atomic E-state index is 3.93. The van der Waals surface area contributed by atoms with E-state index in [1.807, 2.05) is 6.92 Å². The lowest BCUT2D eigenvalue weighted by Gasteiger charge is -2.21. The summed E-state index contributed by atoms with van der Waals surface area (Å²) in [6, 6.07) is 11.1. The molecular formula is C15H23N. The Kier molecular flexibility index (Phi) is 5.10. The molecule has 0 aliphatic heterocycles. The molecule has 16 heavy (non-hydrogen) atoms. The van der Waals surface area contributed by atoms with Crippen LogP contribution < -0.4 is 5.32 Å². The molecule has 0 bridgehead atoms. The van der Waals surface area contributed by atoms with Crippen LogP contribution in [0.5, 0.6) is 0 Å². The molecule has 0 aliphatic rings. The van der Waals surface area contributed by atoms with Gasteiger partial charge in [0.1, 0.15) is 0 Å². The molecule has 0 aliphatic carbocycles. The van der Waals surface area contributed by atoms with Gasteiger partial charge in [0.2, 0.25) is 0 Å². The van der Waals surface area contributed by atoms with Gasteiger partial charge in [0, 0.05) is 11.7 Å². The summed E-state index contributed by atoms with van der Waals surface area (Å²) in [4.78, 5) is 0. The second-order valence-electron chi connectivity index (χ2n) is 4.94. The molecule has 0 fully saturated rings. The number of nitrogens with one attached hydrogen (secondary N) is 1. The van der Waals surface area contributed by atoms with E-state index in [1.54, 1.807) is 0 Å². The Morgan fingerprint density at radius 2 is 1.88 bits per heavy atom. The monoisotopic (exact) mass is 217 g/mol. The van der Waals surface area contributed by atoms with Crippen LogP contribution in [-0.2, 0) is 6.42 Å². The van der Waals surface area contributed by atoms with E-state index in [2.05, 4.69) is 56.1 Å². The molecule has 1 unspecified atom stereocenters. The Balaban J connectivity index is 2.59. The zero-order valence-electron chi connectivity index (χ0n) is 10.7. The fourth-order valence-corrected chi connectivity index (χ4v) is 2.01. The Labute approximate surface area is 99.6 Å². The summed E-state index contributed by atoms with van der Waals surface area (Å²) in [6.07, 6.45) is 2.26. The maximum atomic E-state index is 3.93. The Morgan fingerprint density at radius 3 is 2.38 bits per heavy atom. The van der Waals surface area contributed by atoms with E-state index in [4.69, 9.17) is 0 Å². The van der Waals surface area contributed by atoms with Crippen molar-refractivity contribution in [1.29, 1.82) is 0 Å². The van der Waals surface area contributed by atoms with Crippen LogP contribution >= 0.6 is 0 Å². The van der Waals surface area contributed by atoms with Gasteiger partial charge in [0.25, 0.3) is 0 Å². The van der Waals surface area contributed by atoms with Gasteiger partial charge >= 0.3 is 0 Å². The van der Waals surface area contributed by atoms with Gasteiger partial charge in [-0.15, -0.1) is 0 Å². The molecule has 0 heterocycles. The van der Waals surface area contributed by atoms with E-state index in [-0.39, 0.29) is 0 Å². The lowest BCUT2D eigenvalue weighted by atomic mass is 9.97. The zero-order chi connectivity index (χ0) is 12.0. The molecule has 1 aromatic rings. The minimum Gasteiger partial charge on any atom is -0.386 e. The molecule has 1 rings (SSSR count). The first-order chi connectivity index (χ1) is 7.58. The molecule has 1 N–H and O–H groups in total. The number of hydrogen-bond acceptors (Lipinski definition) is 1. The third kappa shape index (κ3) is 5.01. The minimum absolute atomic E-state index is 0.500. The van der Waals surface area contributed by atoms with Crippen LogP contribution in [0.2, 0.25) is 0 Å². The fraction of sp³-hybridized carbons (Fsp3) is 0.467. The predicted octanol–water partition coefficient (Wildman–Crippen LogP) is 3.77. The third-order valence-electron chi connectivity index (χ3n) is 2.53. The smallest absolute Gasteiger partial charge is 0.0300 e. The fourth-order valence-electron chi connectivity index (χ4n) is 2.01. The number of rotatable bonds is 6. The number of allylic oxidation sites excluding steroid dienone is 1. The van der Waals surface area contributed by atoms with Crippen LogP contribution in [0, 0.1) is 5.92 Å². The van der Waals surface area contributed by atoms with Gasteiger partial charge in [-0.25, -0.2) is 0 Å². The molecule has 1 nitrogen and oxygen atoms in total. The Bertz CT molecular complexity index is 313. The van der Waals surface area contributed by atoms with Crippen LogP contribution in [0.25, 0.3) is 0 Å². The van der Waals surface area contributed by atoms with Crippen molar-refractivity contribution in [2.75, 3.05) is 0 Å². The average Bonchev–Trinajstić information content (AvgIpc) is 2.16. The average molecular weight is 217 g/mol. The summed E-state index contributed by atoms with van der Waals surface area (Å²) in [6.45, 7) is 10.5. The van der Waals surface area contributed by atoms with Gasteiger partial charge in [0.05, 0.1) is 0 Å². The number of hydrogen-bond donors (Lipinski definition) is 1. The van der Waals surface area contributed by atoms with Crippen LogP contribution in [0.3, 0.4) is 0 Å². The molecule has 0 spiro atoms. The van der Waals surface area contributed by atoms with Crippen molar-refractivity contribution in [3.63, 3.8) is 0 Å². The van der Waals surface area contributed by atoms with Crippen LogP contribution in [0.1, 0.15) is 32.8 Å². The van der Waals surface area contributed by atoms with Gasteiger partial charge in [-0.1, -0.05) is 50.8 Å². The van der Waals surface area contributed by atoms with Gasteiger partial charge in [-0.3, -0.25) is 0 Å². The van der Waals surface area contributed by atoms with Crippen molar-refractivity contribution in [3.05, 3.63) is 48.2 Å². The van der Waals surface area contributed by atoms with Crippen LogP contribution in [-0.4, -0.2) is 6.04 Å². The molecule has 0 saturated carbocycles. The highest BCUT2D eigenvalue weighted by atomic mass is 14.9. The van der Waals surface area contributed by atoms with Crippen LogP contribution in [0.15, 0.2) is 42.6 Å². The third-order valence-corrected chi connectivity index (χ3v) is 2.53. The summed E-state index contributed by atoms with van der Waals surface area (Å²) in [5.74, 6) is 0.709. The highest BCUT2D eigenvalue weighted by Crippen LogP contribution is 2.12. The molecule has 1 heteroatoms. The van der Waals surface area contributed by atoms with Gasteiger partial charge in [-0.05, 0) is 31.2 Å². The lowest BCUT2D eigenvalue weighted by molar-refractivity contribution is 0.444. The molecule has 0 amide bonds. The minimum atomic E-state index is 0.500.